The molecule has 0 aliphatic carbocycles. The monoisotopic (exact) mass is 228 g/mol. The van der Waals surface area contributed by atoms with Crippen LogP contribution in [0, 0.1) is 0 Å². The first-order chi connectivity index (χ1) is 6.98. The summed E-state index contributed by atoms with van der Waals surface area (Å²) in [4.78, 5) is 10.6. The summed E-state index contributed by atoms with van der Waals surface area (Å²) in [6.45, 7) is 3.53. The minimum atomic E-state index is -0.906. The molecule has 0 spiro atoms. The van der Waals surface area contributed by atoms with Gasteiger partial charge in [0.15, 0.2) is 11.5 Å². The van der Waals surface area contributed by atoms with Crippen LogP contribution in [0.25, 0.3) is 0 Å². The molecule has 1 aliphatic heterocycles. The Morgan fingerprint density at radius 1 is 1.40 bits per heavy atom. The van der Waals surface area contributed by atoms with E-state index in [2.05, 4.69) is 0 Å². The van der Waals surface area contributed by atoms with Gasteiger partial charge in [0.05, 0.1) is 0 Å². The van der Waals surface area contributed by atoms with Gasteiger partial charge in [-0.2, -0.15) is 0 Å². The minimum absolute atomic E-state index is 0.262. The number of rotatable bonds is 1. The predicted octanol–water partition coefficient (Wildman–Crippen LogP) is 2.93. The molecule has 0 N–H and O–H groups in total. The number of para-hydroxylation sites is 1. The third-order valence-corrected chi connectivity index (χ3v) is 1.91. The predicted molar refractivity (Wildman–Crippen MR) is 53.7 cm³/mol. The number of hydrogen-bond donors (Lipinski definition) is 0. The molecule has 80 valence electrons. The Hall–Kier alpha value is -1.42. The van der Waals surface area contributed by atoms with Crippen molar-refractivity contribution in [3.05, 3.63) is 18.2 Å². The van der Waals surface area contributed by atoms with Crippen molar-refractivity contribution in [3.8, 4) is 17.2 Å². The first-order valence-corrected chi connectivity index (χ1v) is 4.74. The molecule has 1 aromatic rings. The Labute approximate surface area is 91.7 Å². The molecule has 0 saturated heterocycles. The first kappa shape index (κ1) is 10.1. The highest BCUT2D eigenvalue weighted by Gasteiger charge is 2.34. The summed E-state index contributed by atoms with van der Waals surface area (Å²) >= 11 is 5.13. The lowest BCUT2D eigenvalue weighted by atomic mass is 10.3. The molecule has 0 atom stereocenters. The number of hydrogen-bond acceptors (Lipinski definition) is 4. The van der Waals surface area contributed by atoms with Gasteiger partial charge in [-0.05, 0) is 12.1 Å². The van der Waals surface area contributed by atoms with E-state index in [0.717, 1.165) is 0 Å². The number of ether oxygens (including phenoxy) is 3. The maximum absolute atomic E-state index is 10.6. The maximum atomic E-state index is 10.6. The van der Waals surface area contributed by atoms with E-state index >= 15 is 0 Å². The van der Waals surface area contributed by atoms with Crippen molar-refractivity contribution < 1.29 is 19.0 Å². The second-order valence-corrected chi connectivity index (χ2v) is 3.84. The van der Waals surface area contributed by atoms with E-state index in [4.69, 9.17) is 25.8 Å². The van der Waals surface area contributed by atoms with Crippen LogP contribution in [0.2, 0.25) is 0 Å². The van der Waals surface area contributed by atoms with Gasteiger partial charge in [-0.1, -0.05) is 6.07 Å². The van der Waals surface area contributed by atoms with Gasteiger partial charge in [-0.25, -0.2) is 4.79 Å². The smallest absolute Gasteiger partial charge is 0.409 e. The second-order valence-electron chi connectivity index (χ2n) is 3.53. The van der Waals surface area contributed by atoms with E-state index in [1.165, 1.54) is 0 Å². The Morgan fingerprint density at radius 2 is 2.13 bits per heavy atom. The summed E-state index contributed by atoms with van der Waals surface area (Å²) in [5.74, 6) is 0.446. The summed E-state index contributed by atoms with van der Waals surface area (Å²) in [6.07, 6.45) is 0. The fourth-order valence-electron chi connectivity index (χ4n) is 1.37. The maximum Gasteiger partial charge on any atom is 0.409 e. The summed E-state index contributed by atoms with van der Waals surface area (Å²) < 4.78 is 15.7. The molecule has 1 aromatic carbocycles. The van der Waals surface area contributed by atoms with Gasteiger partial charge in [0.25, 0.3) is 0 Å². The van der Waals surface area contributed by atoms with E-state index in [1.807, 2.05) is 0 Å². The van der Waals surface area contributed by atoms with Gasteiger partial charge in [0, 0.05) is 25.4 Å². The normalized spacial score (nSPS) is 16.2. The SMILES string of the molecule is CC1(C)Oc2cccc(OC(=O)Cl)c2O1. The second kappa shape index (κ2) is 3.31. The Morgan fingerprint density at radius 3 is 2.80 bits per heavy atom. The zero-order valence-electron chi connectivity index (χ0n) is 8.24. The Balaban J connectivity index is 2.37. The van der Waals surface area contributed by atoms with Crippen molar-refractivity contribution in [1.82, 2.24) is 0 Å². The largest absolute Gasteiger partial charge is 0.449 e. The number of fused-ring (bicyclic) bond motifs is 1. The molecule has 0 unspecified atom stereocenters. The zero-order valence-corrected chi connectivity index (χ0v) is 9.00. The Kier molecular flexibility index (Phi) is 2.23. The Bertz CT molecular complexity index is 414. The van der Waals surface area contributed by atoms with E-state index in [9.17, 15) is 4.79 Å². The van der Waals surface area contributed by atoms with Crippen LogP contribution in [0.1, 0.15) is 13.8 Å². The van der Waals surface area contributed by atoms with Crippen molar-refractivity contribution in [1.29, 1.82) is 0 Å². The third kappa shape index (κ3) is 1.99. The first-order valence-electron chi connectivity index (χ1n) is 4.36. The molecule has 0 saturated carbocycles. The fourth-order valence-corrected chi connectivity index (χ4v) is 1.46. The molecule has 0 radical (unpaired) electrons. The molecule has 15 heavy (non-hydrogen) atoms. The van der Waals surface area contributed by atoms with E-state index in [1.54, 1.807) is 32.0 Å². The van der Waals surface area contributed by atoms with Crippen molar-refractivity contribution >= 4 is 17.0 Å². The van der Waals surface area contributed by atoms with Crippen LogP contribution in [0.3, 0.4) is 0 Å². The lowest BCUT2D eigenvalue weighted by Crippen LogP contribution is -2.29. The van der Waals surface area contributed by atoms with Crippen molar-refractivity contribution in [3.63, 3.8) is 0 Å². The molecule has 2 rings (SSSR count). The zero-order chi connectivity index (χ0) is 11.1. The number of carbonyl (C=O) groups is 1. The van der Waals surface area contributed by atoms with Gasteiger partial charge in [0.2, 0.25) is 11.5 Å². The molecular weight excluding hydrogens is 220 g/mol. The highest BCUT2D eigenvalue weighted by molar-refractivity contribution is 6.61. The topological polar surface area (TPSA) is 44.8 Å². The lowest BCUT2D eigenvalue weighted by Gasteiger charge is -2.16. The molecule has 4 nitrogen and oxygen atoms in total. The summed E-state index contributed by atoms with van der Waals surface area (Å²) in [5.41, 5.74) is -0.906. The van der Waals surface area contributed by atoms with E-state index in [-0.39, 0.29) is 5.75 Å². The molecule has 0 fully saturated rings. The van der Waals surface area contributed by atoms with Crippen molar-refractivity contribution in [2.24, 2.45) is 0 Å². The van der Waals surface area contributed by atoms with Crippen LogP contribution in [-0.4, -0.2) is 11.2 Å². The highest BCUT2D eigenvalue weighted by atomic mass is 35.5. The van der Waals surface area contributed by atoms with Crippen molar-refractivity contribution in [2.45, 2.75) is 19.6 Å². The third-order valence-electron chi connectivity index (χ3n) is 1.84. The van der Waals surface area contributed by atoms with Gasteiger partial charge >= 0.3 is 5.43 Å². The van der Waals surface area contributed by atoms with Crippen molar-refractivity contribution in [2.75, 3.05) is 0 Å². The summed E-state index contributed by atoms with van der Waals surface area (Å²) in [6, 6.07) is 5.01. The van der Waals surface area contributed by atoms with Crippen LogP contribution in [-0.2, 0) is 0 Å². The fraction of sp³-hybridized carbons (Fsp3) is 0.300. The van der Waals surface area contributed by atoms with Gasteiger partial charge in [-0.15, -0.1) is 0 Å². The van der Waals surface area contributed by atoms with Gasteiger partial charge in [0.1, 0.15) is 0 Å². The molecule has 0 aromatic heterocycles. The molecule has 5 heteroatoms. The molecular formula is C10H9ClO4. The van der Waals surface area contributed by atoms with Crippen LogP contribution in [0.15, 0.2) is 18.2 Å². The highest BCUT2D eigenvalue weighted by Crippen LogP contribution is 2.45. The number of carbonyl (C=O) groups excluding carboxylic acids is 1. The lowest BCUT2D eigenvalue weighted by molar-refractivity contribution is -0.0438. The summed E-state index contributed by atoms with van der Waals surface area (Å²) in [7, 11) is 0. The summed E-state index contributed by atoms with van der Waals surface area (Å²) in [5, 5.41) is 0. The van der Waals surface area contributed by atoms with Crippen LogP contribution in [0.5, 0.6) is 17.2 Å². The molecule has 0 bridgehead atoms. The molecule has 1 aliphatic rings. The molecule has 0 amide bonds. The average molecular weight is 229 g/mol. The van der Waals surface area contributed by atoms with Crippen LogP contribution >= 0.6 is 11.6 Å². The van der Waals surface area contributed by atoms with Gasteiger partial charge < -0.3 is 14.2 Å². The number of benzene rings is 1. The average Bonchev–Trinajstić information content (AvgIpc) is 2.39. The minimum Gasteiger partial charge on any atom is -0.449 e. The molecule has 1 heterocycles. The van der Waals surface area contributed by atoms with Crippen LogP contribution in [0.4, 0.5) is 4.79 Å². The van der Waals surface area contributed by atoms with Gasteiger partial charge in [-0.3, -0.25) is 0 Å². The number of halogens is 1. The van der Waals surface area contributed by atoms with E-state index < -0.39 is 11.2 Å². The standard InChI is InChI=1S/C10H9ClO4/c1-10(2)14-7-5-3-4-6(8(7)15-10)13-9(11)12/h3-5H,1-2H3. The van der Waals surface area contributed by atoms with E-state index in [0.29, 0.717) is 11.5 Å². The quantitative estimate of drug-likeness (QED) is 0.694. The van der Waals surface area contributed by atoms with Crippen LogP contribution < -0.4 is 14.2 Å².